The van der Waals surface area contributed by atoms with E-state index in [1.54, 1.807) is 0 Å². The van der Waals surface area contributed by atoms with Crippen molar-refractivity contribution in [3.05, 3.63) is 35.9 Å². The van der Waals surface area contributed by atoms with E-state index in [-0.39, 0.29) is 11.4 Å². The first-order chi connectivity index (χ1) is 14.0. The minimum Gasteiger partial charge on any atom is -0.413 e. The highest BCUT2D eigenvalue weighted by molar-refractivity contribution is 7.93. The molecular formula is C24H40O4SSi. The smallest absolute Gasteiger partial charge is 0.200 e. The van der Waals surface area contributed by atoms with Crippen molar-refractivity contribution in [2.45, 2.75) is 107 Å². The fourth-order valence-electron chi connectivity index (χ4n) is 5.50. The molecule has 2 aliphatic carbocycles. The predicted octanol–water partition coefficient (Wildman–Crippen LogP) is 5.87. The van der Waals surface area contributed by atoms with Gasteiger partial charge in [-0.2, -0.15) is 0 Å². The summed E-state index contributed by atoms with van der Waals surface area (Å²) in [5, 5.41) is -0.261. The van der Waals surface area contributed by atoms with Crippen LogP contribution in [0.4, 0.5) is 0 Å². The standard InChI is InChI=1S/C24H40O4SSi/c1-18(2)30(19(3)4,20(5)6)28-22-14-23(15-22)29(25,26)24(12-13-24)17-27-16-21-10-8-7-9-11-21/h7-11,18-20,22-23H,12-17H2,1-6H3/t22-,23-. The molecule has 0 amide bonds. The lowest BCUT2D eigenvalue weighted by molar-refractivity contribution is 0.0973. The molecule has 0 heterocycles. The lowest BCUT2D eigenvalue weighted by Gasteiger charge is -2.48. The lowest BCUT2D eigenvalue weighted by atomic mass is 9.96. The van der Waals surface area contributed by atoms with Crippen molar-refractivity contribution in [2.24, 2.45) is 0 Å². The number of benzene rings is 1. The molecule has 2 saturated carbocycles. The zero-order valence-electron chi connectivity index (χ0n) is 19.6. The molecule has 3 rings (SSSR count). The van der Waals surface area contributed by atoms with E-state index in [4.69, 9.17) is 9.16 Å². The molecule has 0 N–H and O–H groups in total. The van der Waals surface area contributed by atoms with Crippen LogP contribution in [0.2, 0.25) is 16.6 Å². The Labute approximate surface area is 184 Å². The molecule has 0 saturated heterocycles. The second-order valence-corrected chi connectivity index (χ2v) is 18.4. The molecule has 0 unspecified atom stereocenters. The molecule has 2 fully saturated rings. The molecule has 1 aromatic rings. The fourth-order valence-corrected chi connectivity index (χ4v) is 13.6. The van der Waals surface area contributed by atoms with E-state index in [0.717, 1.165) is 18.4 Å². The monoisotopic (exact) mass is 452 g/mol. The van der Waals surface area contributed by atoms with Gasteiger partial charge < -0.3 is 9.16 Å². The van der Waals surface area contributed by atoms with Crippen LogP contribution in [0, 0.1) is 0 Å². The Bertz CT molecular complexity index is 772. The van der Waals surface area contributed by atoms with Crippen LogP contribution in [0.1, 0.15) is 72.8 Å². The van der Waals surface area contributed by atoms with E-state index in [2.05, 4.69) is 41.5 Å². The molecule has 0 radical (unpaired) electrons. The summed E-state index contributed by atoms with van der Waals surface area (Å²) in [5.41, 5.74) is 2.65. The van der Waals surface area contributed by atoms with Gasteiger partial charge in [0.1, 0.15) is 0 Å². The third-order valence-electron chi connectivity index (χ3n) is 7.46. The van der Waals surface area contributed by atoms with Gasteiger partial charge in [-0.15, -0.1) is 0 Å². The predicted molar refractivity (Wildman–Crippen MR) is 126 cm³/mol. The Morgan fingerprint density at radius 2 is 1.50 bits per heavy atom. The maximum Gasteiger partial charge on any atom is 0.200 e. The highest BCUT2D eigenvalue weighted by atomic mass is 32.2. The van der Waals surface area contributed by atoms with E-state index in [1.165, 1.54) is 0 Å². The van der Waals surface area contributed by atoms with Crippen LogP contribution in [-0.2, 0) is 25.6 Å². The van der Waals surface area contributed by atoms with Crippen LogP contribution in [0.3, 0.4) is 0 Å². The summed E-state index contributed by atoms with van der Waals surface area (Å²) in [4.78, 5) is 0. The zero-order valence-corrected chi connectivity index (χ0v) is 21.4. The summed E-state index contributed by atoms with van der Waals surface area (Å²) in [7, 11) is -5.14. The average molecular weight is 453 g/mol. The van der Waals surface area contributed by atoms with E-state index >= 15 is 0 Å². The van der Waals surface area contributed by atoms with Crippen molar-refractivity contribution in [1.29, 1.82) is 0 Å². The quantitative estimate of drug-likeness (QED) is 0.394. The maximum atomic E-state index is 13.3. The van der Waals surface area contributed by atoms with Crippen LogP contribution < -0.4 is 0 Å². The summed E-state index contributed by atoms with van der Waals surface area (Å²) in [5.74, 6) is 0. The topological polar surface area (TPSA) is 52.6 Å². The van der Waals surface area contributed by atoms with Crippen molar-refractivity contribution < 1.29 is 17.6 Å². The first kappa shape index (κ1) is 24.0. The highest BCUT2D eigenvalue weighted by Gasteiger charge is 2.60. The van der Waals surface area contributed by atoms with E-state index in [0.29, 0.717) is 42.7 Å². The van der Waals surface area contributed by atoms with Crippen molar-refractivity contribution >= 4 is 18.2 Å². The molecule has 0 spiro atoms. The average Bonchev–Trinajstić information content (AvgIpc) is 3.42. The van der Waals surface area contributed by atoms with E-state index in [9.17, 15) is 8.42 Å². The molecule has 170 valence electrons. The highest BCUT2D eigenvalue weighted by Crippen LogP contribution is 2.51. The summed E-state index contributed by atoms with van der Waals surface area (Å²) >= 11 is 0. The Balaban J connectivity index is 1.57. The molecule has 0 aromatic heterocycles. The molecule has 1 aromatic carbocycles. The second-order valence-electron chi connectivity index (χ2n) is 10.4. The van der Waals surface area contributed by atoms with Gasteiger partial charge in [-0.3, -0.25) is 0 Å². The Hall–Kier alpha value is -0.693. The number of rotatable bonds is 11. The number of sulfone groups is 1. The molecule has 6 heteroatoms. The normalized spacial score (nSPS) is 23.8. The van der Waals surface area contributed by atoms with Gasteiger partial charge in [-0.1, -0.05) is 71.9 Å². The molecule has 2 aliphatic rings. The van der Waals surface area contributed by atoms with Gasteiger partial charge in [0.15, 0.2) is 9.84 Å². The molecule has 0 bridgehead atoms. The SMILES string of the molecule is CC(C)[Si](O[C@H]1C[C@H](S(=O)(=O)C2(COCc3ccccc3)CC2)C1)(C(C)C)C(C)C. The van der Waals surface area contributed by atoms with Gasteiger partial charge in [0.05, 0.1) is 23.2 Å². The lowest BCUT2D eigenvalue weighted by Crippen LogP contribution is -2.55. The van der Waals surface area contributed by atoms with E-state index < -0.39 is 22.9 Å². The van der Waals surface area contributed by atoms with Gasteiger partial charge >= 0.3 is 0 Å². The second kappa shape index (κ2) is 9.05. The Morgan fingerprint density at radius 3 is 1.97 bits per heavy atom. The molecule has 0 aliphatic heterocycles. The summed E-state index contributed by atoms with van der Waals surface area (Å²) in [6, 6.07) is 9.95. The fraction of sp³-hybridized carbons (Fsp3) is 0.750. The van der Waals surface area contributed by atoms with Gasteiger partial charge in [0, 0.05) is 6.10 Å². The van der Waals surface area contributed by atoms with Crippen molar-refractivity contribution in [2.75, 3.05) is 6.61 Å². The van der Waals surface area contributed by atoms with Crippen LogP contribution >= 0.6 is 0 Å². The van der Waals surface area contributed by atoms with Gasteiger partial charge in [0.25, 0.3) is 0 Å². The minimum absolute atomic E-state index is 0.102. The van der Waals surface area contributed by atoms with Crippen LogP contribution in [0.15, 0.2) is 30.3 Å². The third-order valence-corrected chi connectivity index (χ3v) is 16.6. The first-order valence-electron chi connectivity index (χ1n) is 11.6. The third kappa shape index (κ3) is 4.43. The number of hydrogen-bond donors (Lipinski definition) is 0. The van der Waals surface area contributed by atoms with Crippen LogP contribution in [-0.4, -0.2) is 39.4 Å². The first-order valence-corrected chi connectivity index (χ1v) is 15.3. The van der Waals surface area contributed by atoms with Gasteiger partial charge in [-0.25, -0.2) is 8.42 Å². The summed E-state index contributed by atoms with van der Waals surface area (Å²) in [6.45, 7) is 14.5. The largest absolute Gasteiger partial charge is 0.413 e. The molecular weight excluding hydrogens is 412 g/mol. The molecule has 4 nitrogen and oxygen atoms in total. The minimum atomic E-state index is -3.18. The summed E-state index contributed by atoms with van der Waals surface area (Å²) < 4.78 is 38.7. The van der Waals surface area contributed by atoms with E-state index in [1.807, 2.05) is 30.3 Å². The van der Waals surface area contributed by atoms with Crippen LogP contribution in [0.5, 0.6) is 0 Å². The number of hydrogen-bond acceptors (Lipinski definition) is 4. The van der Waals surface area contributed by atoms with Crippen molar-refractivity contribution in [3.63, 3.8) is 0 Å². The van der Waals surface area contributed by atoms with Gasteiger partial charge in [0.2, 0.25) is 8.32 Å². The number of ether oxygens (including phenoxy) is 1. The van der Waals surface area contributed by atoms with Gasteiger partial charge in [-0.05, 0) is 47.9 Å². The summed E-state index contributed by atoms with van der Waals surface area (Å²) in [6.07, 6.45) is 2.88. The Kier molecular flexibility index (Phi) is 7.22. The maximum absolute atomic E-state index is 13.3. The van der Waals surface area contributed by atoms with Crippen molar-refractivity contribution in [1.82, 2.24) is 0 Å². The molecule has 30 heavy (non-hydrogen) atoms. The van der Waals surface area contributed by atoms with Crippen LogP contribution in [0.25, 0.3) is 0 Å². The van der Waals surface area contributed by atoms with Crippen molar-refractivity contribution in [3.8, 4) is 0 Å². The Morgan fingerprint density at radius 1 is 0.967 bits per heavy atom. The zero-order chi connectivity index (χ0) is 22.2. The molecule has 0 atom stereocenters.